The van der Waals surface area contributed by atoms with Crippen LogP contribution in [-0.2, 0) is 4.79 Å². The fourth-order valence-electron chi connectivity index (χ4n) is 5.17. The van der Waals surface area contributed by atoms with Gasteiger partial charge in [0.2, 0.25) is 5.91 Å². The van der Waals surface area contributed by atoms with Gasteiger partial charge in [0.15, 0.2) is 5.82 Å². The number of carbonyl (C=O) groups excluding carboxylic acids is 1. The van der Waals surface area contributed by atoms with Crippen LogP contribution >= 0.6 is 11.3 Å². The molecule has 0 unspecified atom stereocenters. The van der Waals surface area contributed by atoms with Crippen LogP contribution in [0.5, 0.6) is 0 Å². The number of hydrogen-bond acceptors (Lipinski definition) is 7. The zero-order valence-corrected chi connectivity index (χ0v) is 18.3. The Hall–Kier alpha value is -2.83. The third-order valence-electron chi connectivity index (χ3n) is 7.11. The van der Waals surface area contributed by atoms with Crippen molar-refractivity contribution >= 4 is 33.3 Å². The largest absolute Gasteiger partial charge is 0.302 e. The van der Waals surface area contributed by atoms with E-state index in [-0.39, 0.29) is 17.7 Å². The quantitative estimate of drug-likeness (QED) is 0.628. The van der Waals surface area contributed by atoms with Gasteiger partial charge in [-0.05, 0) is 31.9 Å². The number of rotatable bonds is 4. The van der Waals surface area contributed by atoms with Gasteiger partial charge in [0.25, 0.3) is 0 Å². The van der Waals surface area contributed by atoms with E-state index >= 15 is 0 Å². The van der Waals surface area contributed by atoms with Gasteiger partial charge < -0.3 is 4.90 Å². The predicted molar refractivity (Wildman–Crippen MR) is 117 cm³/mol. The summed E-state index contributed by atoms with van der Waals surface area (Å²) in [4.78, 5) is 27.0. The van der Waals surface area contributed by atoms with Crippen molar-refractivity contribution in [1.29, 1.82) is 5.26 Å². The van der Waals surface area contributed by atoms with E-state index in [0.717, 1.165) is 47.4 Å². The molecule has 0 bridgehead atoms. The Morgan fingerprint density at radius 3 is 2.81 bits per heavy atom. The number of pyridine rings is 1. The Morgan fingerprint density at radius 2 is 2.10 bits per heavy atom. The molecule has 1 aliphatic carbocycles. The van der Waals surface area contributed by atoms with Crippen LogP contribution in [0.15, 0.2) is 24.0 Å². The van der Waals surface area contributed by atoms with Crippen molar-refractivity contribution in [3.8, 4) is 17.3 Å². The van der Waals surface area contributed by atoms with Crippen molar-refractivity contribution in [1.82, 2.24) is 24.6 Å². The third-order valence-corrected chi connectivity index (χ3v) is 7.95. The molecule has 2 aliphatic heterocycles. The predicted octanol–water partition coefficient (Wildman–Crippen LogP) is 2.94. The minimum atomic E-state index is -0.921. The molecule has 0 radical (unpaired) electrons. The fourth-order valence-corrected chi connectivity index (χ4v) is 5.93. The molecule has 0 N–H and O–H groups in total. The summed E-state index contributed by atoms with van der Waals surface area (Å²) in [6, 6.07) is 4.76. The maximum Gasteiger partial charge on any atom is 0.249 e. The minimum Gasteiger partial charge on any atom is -0.302 e. The molecule has 1 saturated carbocycles. The SMILES string of the molecule is C[C@@H]1CN(c2nc(-c3cnn(C4CN(C)C4)c3)cc3ncsc23)C(=O)[C@]1(C#N)C1CC1. The summed E-state index contributed by atoms with van der Waals surface area (Å²) in [5.41, 5.74) is 3.36. The molecule has 0 spiro atoms. The summed E-state index contributed by atoms with van der Waals surface area (Å²) in [5.74, 6) is 0.673. The number of fused-ring (bicyclic) bond motifs is 1. The molecule has 5 heterocycles. The molecule has 3 aliphatic rings. The molecule has 2 saturated heterocycles. The second-order valence-corrected chi connectivity index (χ2v) is 10.0. The van der Waals surface area contributed by atoms with Crippen LogP contribution in [-0.4, -0.2) is 57.2 Å². The average molecular weight is 434 g/mol. The summed E-state index contributed by atoms with van der Waals surface area (Å²) in [6.07, 6.45) is 5.77. The number of nitriles is 1. The topological polar surface area (TPSA) is 90.9 Å². The molecule has 3 fully saturated rings. The number of amides is 1. The molecule has 1 amide bonds. The van der Waals surface area contributed by atoms with Gasteiger partial charge in [-0.15, -0.1) is 11.3 Å². The number of likely N-dealkylation sites (tertiary alicyclic amines) is 1. The standard InChI is InChI=1S/C22H23N7OS/c1-13-7-28(21(30)22(13,11-23)15-3-4-15)20-19-18(24-12-31-19)5-17(26-20)14-6-25-29(8-14)16-9-27(2)10-16/h5-6,8,12-13,15-16H,3-4,7,9-10H2,1-2H3/t13-,22+/m1/s1. The lowest BCUT2D eigenvalue weighted by Gasteiger charge is -2.36. The second kappa shape index (κ2) is 6.58. The van der Waals surface area contributed by atoms with Crippen LogP contribution < -0.4 is 4.90 Å². The molecule has 2 atom stereocenters. The first-order chi connectivity index (χ1) is 15.0. The van der Waals surface area contributed by atoms with Crippen molar-refractivity contribution in [2.75, 3.05) is 31.6 Å². The zero-order valence-electron chi connectivity index (χ0n) is 17.5. The van der Waals surface area contributed by atoms with Crippen LogP contribution in [0.1, 0.15) is 25.8 Å². The maximum atomic E-state index is 13.6. The van der Waals surface area contributed by atoms with Crippen molar-refractivity contribution in [2.45, 2.75) is 25.8 Å². The smallest absolute Gasteiger partial charge is 0.249 e. The Morgan fingerprint density at radius 1 is 1.29 bits per heavy atom. The summed E-state index contributed by atoms with van der Waals surface area (Å²) < 4.78 is 2.89. The molecule has 158 valence electrons. The van der Waals surface area contributed by atoms with Crippen molar-refractivity contribution in [2.24, 2.45) is 17.3 Å². The lowest BCUT2D eigenvalue weighted by molar-refractivity contribution is -0.124. The van der Waals surface area contributed by atoms with E-state index in [2.05, 4.69) is 28.1 Å². The monoisotopic (exact) mass is 433 g/mol. The van der Waals surface area contributed by atoms with Crippen molar-refractivity contribution < 1.29 is 4.79 Å². The van der Waals surface area contributed by atoms with Gasteiger partial charge in [0, 0.05) is 37.3 Å². The molecule has 31 heavy (non-hydrogen) atoms. The number of thiazole rings is 1. The summed E-state index contributed by atoms with van der Waals surface area (Å²) in [5, 5.41) is 14.5. The van der Waals surface area contributed by atoms with E-state index in [1.165, 1.54) is 11.3 Å². The highest BCUT2D eigenvalue weighted by molar-refractivity contribution is 7.17. The van der Waals surface area contributed by atoms with E-state index in [1.807, 2.05) is 30.1 Å². The van der Waals surface area contributed by atoms with Gasteiger partial charge >= 0.3 is 0 Å². The van der Waals surface area contributed by atoms with Gasteiger partial charge in [0.05, 0.1) is 39.7 Å². The molecule has 6 rings (SSSR count). The minimum absolute atomic E-state index is 0.0238. The summed E-state index contributed by atoms with van der Waals surface area (Å²) in [7, 11) is 2.10. The van der Waals surface area contributed by atoms with Crippen molar-refractivity contribution in [3.05, 3.63) is 24.0 Å². The van der Waals surface area contributed by atoms with Gasteiger partial charge in [0.1, 0.15) is 5.41 Å². The van der Waals surface area contributed by atoms with E-state index in [1.54, 1.807) is 10.4 Å². The molecule has 9 heteroatoms. The maximum absolute atomic E-state index is 13.6. The molecular weight excluding hydrogens is 410 g/mol. The van der Waals surface area contributed by atoms with Gasteiger partial charge in [-0.1, -0.05) is 6.92 Å². The van der Waals surface area contributed by atoms with Crippen LogP contribution in [0.2, 0.25) is 0 Å². The first-order valence-corrected chi connectivity index (χ1v) is 11.6. The second-order valence-electron chi connectivity index (χ2n) is 9.19. The number of aromatic nitrogens is 4. The third kappa shape index (κ3) is 2.68. The van der Waals surface area contributed by atoms with E-state index < -0.39 is 5.41 Å². The number of nitrogens with zero attached hydrogens (tertiary/aromatic N) is 7. The number of anilines is 1. The summed E-state index contributed by atoms with van der Waals surface area (Å²) >= 11 is 1.49. The Kier molecular flexibility index (Phi) is 4.01. The number of hydrogen-bond donors (Lipinski definition) is 0. The molecule has 0 aromatic carbocycles. The van der Waals surface area contributed by atoms with Gasteiger partial charge in [-0.25, -0.2) is 9.97 Å². The first-order valence-electron chi connectivity index (χ1n) is 10.7. The Bertz CT molecular complexity index is 1230. The van der Waals surface area contributed by atoms with E-state index in [0.29, 0.717) is 18.4 Å². The molecule has 3 aromatic rings. The normalized spacial score (nSPS) is 27.1. The van der Waals surface area contributed by atoms with Crippen LogP contribution in [0.4, 0.5) is 5.82 Å². The van der Waals surface area contributed by atoms with Crippen LogP contribution in [0.25, 0.3) is 21.5 Å². The average Bonchev–Trinajstić information content (AvgIpc) is 3.19. The number of carbonyl (C=O) groups is 1. The lowest BCUT2D eigenvalue weighted by atomic mass is 9.75. The summed E-state index contributed by atoms with van der Waals surface area (Å²) in [6.45, 7) is 4.51. The fraction of sp³-hybridized carbons (Fsp3) is 0.500. The van der Waals surface area contributed by atoms with E-state index in [4.69, 9.17) is 4.98 Å². The van der Waals surface area contributed by atoms with Crippen molar-refractivity contribution in [3.63, 3.8) is 0 Å². The molecular formula is C22H23N7OS. The van der Waals surface area contributed by atoms with Crippen LogP contribution in [0, 0.1) is 28.6 Å². The molecule has 8 nitrogen and oxygen atoms in total. The number of likely N-dealkylation sites (N-methyl/N-ethyl adjacent to an activating group) is 1. The highest BCUT2D eigenvalue weighted by Crippen LogP contribution is 2.55. The van der Waals surface area contributed by atoms with E-state index in [9.17, 15) is 10.1 Å². The zero-order chi connectivity index (χ0) is 21.3. The Labute approximate surface area is 184 Å². The van der Waals surface area contributed by atoms with Gasteiger partial charge in [-0.3, -0.25) is 14.4 Å². The van der Waals surface area contributed by atoms with Gasteiger partial charge in [-0.2, -0.15) is 10.4 Å². The molecule has 3 aromatic heterocycles. The highest BCUT2D eigenvalue weighted by atomic mass is 32.1. The first kappa shape index (κ1) is 18.9. The Balaban J connectivity index is 1.41. The highest BCUT2D eigenvalue weighted by Gasteiger charge is 2.61. The lowest BCUT2D eigenvalue weighted by Crippen LogP contribution is -2.45. The van der Waals surface area contributed by atoms with Crippen LogP contribution in [0.3, 0.4) is 0 Å².